The molecule has 132 valence electrons. The topological polar surface area (TPSA) is 71.9 Å². The molecule has 24 heavy (non-hydrogen) atoms. The highest BCUT2D eigenvalue weighted by atomic mass is 16.5. The van der Waals surface area contributed by atoms with Crippen LogP contribution in [0.5, 0.6) is 0 Å². The average molecular weight is 333 g/mol. The molecule has 0 aliphatic rings. The van der Waals surface area contributed by atoms with Crippen LogP contribution in [0.25, 0.3) is 11.0 Å². The number of hydrogen-bond acceptors (Lipinski definition) is 5. The zero-order valence-electron chi connectivity index (χ0n) is 15.1. The summed E-state index contributed by atoms with van der Waals surface area (Å²) in [7, 11) is 3.41. The monoisotopic (exact) mass is 333 g/mol. The van der Waals surface area contributed by atoms with E-state index in [0.29, 0.717) is 12.2 Å². The fraction of sp³-hybridized carbons (Fsp3) is 0.500. The molecule has 2 aromatic rings. The van der Waals surface area contributed by atoms with Gasteiger partial charge in [-0.3, -0.25) is 0 Å². The summed E-state index contributed by atoms with van der Waals surface area (Å²) in [4.78, 5) is 15.8. The fourth-order valence-electron chi connectivity index (χ4n) is 2.77. The zero-order chi connectivity index (χ0) is 17.9. The molecule has 0 saturated heterocycles. The quantitative estimate of drug-likeness (QED) is 0.845. The minimum Gasteiger partial charge on any atom is -0.462 e. The fourth-order valence-corrected chi connectivity index (χ4v) is 2.77. The highest BCUT2D eigenvalue weighted by molar-refractivity contribution is 5.92. The van der Waals surface area contributed by atoms with Crippen molar-refractivity contribution in [3.05, 3.63) is 24.5 Å². The lowest BCUT2D eigenvalue weighted by Gasteiger charge is -2.34. The smallest absolute Gasteiger partial charge is 0.409 e. The highest BCUT2D eigenvalue weighted by Crippen LogP contribution is 2.30. The number of nitrogens with two attached hydrogens (primary N) is 1. The molecule has 0 atom stereocenters. The van der Waals surface area contributed by atoms with Gasteiger partial charge in [-0.2, -0.15) is 0 Å². The molecule has 0 spiro atoms. The van der Waals surface area contributed by atoms with Crippen LogP contribution in [0.4, 0.5) is 16.2 Å². The summed E-state index contributed by atoms with van der Waals surface area (Å²) >= 11 is 0. The number of carbonyl (C=O) groups excluding carboxylic acids is 1. The molecule has 0 radical (unpaired) electrons. The summed E-state index contributed by atoms with van der Waals surface area (Å²) in [6.45, 7) is 7.38. The maximum Gasteiger partial charge on any atom is 0.409 e. The second-order valence-corrected chi connectivity index (χ2v) is 6.95. The first kappa shape index (κ1) is 18.0. The molecule has 2 N–H and O–H groups in total. The Hall–Kier alpha value is -2.37. The first-order valence-electron chi connectivity index (χ1n) is 8.07. The molecule has 1 amide bonds. The number of nitrogen functional groups attached to an aromatic ring is 1. The van der Waals surface area contributed by atoms with Crippen molar-refractivity contribution in [2.45, 2.75) is 32.7 Å². The van der Waals surface area contributed by atoms with Crippen LogP contribution in [0.3, 0.4) is 0 Å². The van der Waals surface area contributed by atoms with Gasteiger partial charge in [0.05, 0.1) is 19.1 Å². The Morgan fingerprint density at radius 1 is 1.29 bits per heavy atom. The molecule has 0 unspecified atom stereocenters. The van der Waals surface area contributed by atoms with E-state index in [1.807, 2.05) is 46.0 Å². The molecule has 2 rings (SSSR count). The molecule has 0 aliphatic heterocycles. The molecular formula is C18H27N3O3. The van der Waals surface area contributed by atoms with Crippen molar-refractivity contribution in [3.63, 3.8) is 0 Å². The lowest BCUT2D eigenvalue weighted by molar-refractivity contribution is 0.0833. The van der Waals surface area contributed by atoms with Crippen molar-refractivity contribution in [2.75, 3.05) is 37.9 Å². The standard InChI is InChI=1S/C18H27N3O3/c1-18(2,3)21(17(22)23-5)9-6-8-20(4)15-12-14(19)11-13-7-10-24-16(13)15/h7,10-12H,6,8-9,19H2,1-5H3. The van der Waals surface area contributed by atoms with Crippen molar-refractivity contribution in [3.8, 4) is 0 Å². The number of ether oxygens (including phenoxy) is 1. The molecule has 0 bridgehead atoms. The van der Waals surface area contributed by atoms with Gasteiger partial charge in [0.15, 0.2) is 5.58 Å². The summed E-state index contributed by atoms with van der Waals surface area (Å²) in [5.41, 5.74) is 8.18. The van der Waals surface area contributed by atoms with E-state index in [1.54, 1.807) is 11.2 Å². The Kier molecular flexibility index (Phi) is 5.26. The lowest BCUT2D eigenvalue weighted by Crippen LogP contribution is -2.46. The number of benzene rings is 1. The van der Waals surface area contributed by atoms with Crippen molar-refractivity contribution in [1.82, 2.24) is 4.90 Å². The summed E-state index contributed by atoms with van der Waals surface area (Å²) < 4.78 is 10.5. The number of amides is 1. The van der Waals surface area contributed by atoms with E-state index in [4.69, 9.17) is 14.9 Å². The summed E-state index contributed by atoms with van der Waals surface area (Å²) in [5, 5.41) is 0.989. The molecule has 1 heterocycles. The number of furan rings is 1. The minimum atomic E-state index is -0.303. The van der Waals surface area contributed by atoms with E-state index >= 15 is 0 Å². The van der Waals surface area contributed by atoms with Crippen LogP contribution in [0.1, 0.15) is 27.2 Å². The second kappa shape index (κ2) is 7.03. The Morgan fingerprint density at radius 2 is 2.00 bits per heavy atom. The Balaban J connectivity index is 2.05. The molecular weight excluding hydrogens is 306 g/mol. The predicted octanol–water partition coefficient (Wildman–Crippen LogP) is 3.71. The molecule has 6 heteroatoms. The third kappa shape index (κ3) is 3.93. The van der Waals surface area contributed by atoms with Gasteiger partial charge in [-0.05, 0) is 45.4 Å². The van der Waals surface area contributed by atoms with Gasteiger partial charge in [0, 0.05) is 36.7 Å². The number of anilines is 2. The molecule has 0 fully saturated rings. The first-order chi connectivity index (χ1) is 11.2. The zero-order valence-corrected chi connectivity index (χ0v) is 15.1. The van der Waals surface area contributed by atoms with Crippen LogP contribution in [-0.2, 0) is 4.74 Å². The summed E-state index contributed by atoms with van der Waals surface area (Å²) in [6, 6.07) is 5.71. The van der Waals surface area contributed by atoms with Gasteiger partial charge >= 0.3 is 6.09 Å². The van der Waals surface area contributed by atoms with Gasteiger partial charge < -0.3 is 24.7 Å². The Morgan fingerprint density at radius 3 is 2.62 bits per heavy atom. The maximum atomic E-state index is 11.9. The number of fused-ring (bicyclic) bond motifs is 1. The number of hydrogen-bond donors (Lipinski definition) is 1. The summed E-state index contributed by atoms with van der Waals surface area (Å²) in [5.74, 6) is 0. The van der Waals surface area contributed by atoms with Crippen LogP contribution in [-0.4, -0.2) is 43.8 Å². The third-order valence-corrected chi connectivity index (χ3v) is 4.05. The summed E-state index contributed by atoms with van der Waals surface area (Å²) in [6.07, 6.45) is 2.17. The van der Waals surface area contributed by atoms with Gasteiger partial charge in [-0.1, -0.05) is 0 Å². The van der Waals surface area contributed by atoms with Crippen LogP contribution in [0, 0.1) is 0 Å². The van der Waals surface area contributed by atoms with Gasteiger partial charge in [0.1, 0.15) is 0 Å². The lowest BCUT2D eigenvalue weighted by atomic mass is 10.1. The van der Waals surface area contributed by atoms with Crippen molar-refractivity contribution in [2.24, 2.45) is 0 Å². The van der Waals surface area contributed by atoms with E-state index in [1.165, 1.54) is 7.11 Å². The number of methoxy groups -OCH3 is 1. The molecule has 0 aliphatic carbocycles. The van der Waals surface area contributed by atoms with Gasteiger partial charge in [-0.25, -0.2) is 4.79 Å². The number of nitrogens with zero attached hydrogens (tertiary/aromatic N) is 2. The molecule has 1 aromatic carbocycles. The molecule has 1 aromatic heterocycles. The van der Waals surface area contributed by atoms with Crippen molar-refractivity contribution < 1.29 is 13.9 Å². The predicted molar refractivity (Wildman–Crippen MR) is 97.4 cm³/mol. The number of carbonyl (C=O) groups is 1. The van der Waals surface area contributed by atoms with Crippen molar-refractivity contribution in [1.29, 1.82) is 0 Å². The average Bonchev–Trinajstić information content (AvgIpc) is 2.96. The number of rotatable bonds is 5. The molecule has 6 nitrogen and oxygen atoms in total. The molecule has 0 saturated carbocycles. The Labute approximate surface area is 143 Å². The van der Waals surface area contributed by atoms with Crippen molar-refractivity contribution >= 4 is 28.4 Å². The van der Waals surface area contributed by atoms with E-state index < -0.39 is 0 Å². The van der Waals surface area contributed by atoms with E-state index in [0.717, 1.165) is 29.6 Å². The largest absolute Gasteiger partial charge is 0.462 e. The van der Waals surface area contributed by atoms with Crippen LogP contribution in [0.2, 0.25) is 0 Å². The van der Waals surface area contributed by atoms with E-state index in [-0.39, 0.29) is 11.6 Å². The normalized spacial score (nSPS) is 11.5. The highest BCUT2D eigenvalue weighted by Gasteiger charge is 2.26. The maximum absolute atomic E-state index is 11.9. The van der Waals surface area contributed by atoms with Crippen LogP contribution in [0.15, 0.2) is 28.9 Å². The van der Waals surface area contributed by atoms with Gasteiger partial charge in [-0.15, -0.1) is 0 Å². The van der Waals surface area contributed by atoms with Gasteiger partial charge in [0.25, 0.3) is 0 Å². The first-order valence-corrected chi connectivity index (χ1v) is 8.07. The van der Waals surface area contributed by atoms with Gasteiger partial charge in [0.2, 0.25) is 0 Å². The van der Waals surface area contributed by atoms with E-state index in [9.17, 15) is 4.79 Å². The SMILES string of the molecule is COC(=O)N(CCCN(C)c1cc(N)cc2ccoc12)C(C)(C)C. The minimum absolute atomic E-state index is 0.281. The van der Waals surface area contributed by atoms with Crippen LogP contribution < -0.4 is 10.6 Å². The van der Waals surface area contributed by atoms with E-state index in [2.05, 4.69) is 4.90 Å². The van der Waals surface area contributed by atoms with Crippen LogP contribution >= 0.6 is 0 Å². The Bertz CT molecular complexity index is 703. The third-order valence-electron chi connectivity index (χ3n) is 4.05. The second-order valence-electron chi connectivity index (χ2n) is 6.95.